The van der Waals surface area contributed by atoms with E-state index in [4.69, 9.17) is 0 Å². The minimum absolute atomic E-state index is 0.127. The molecule has 1 saturated carbocycles. The molecule has 1 aliphatic carbocycles. The average Bonchev–Trinajstić information content (AvgIpc) is 2.84. The van der Waals surface area contributed by atoms with Gasteiger partial charge >= 0.3 is 6.11 Å². The van der Waals surface area contributed by atoms with E-state index in [1.165, 1.54) is 18.6 Å². The maximum absolute atomic E-state index is 14.8. The number of aryl methyl sites for hydroxylation is 1. The Morgan fingerprint density at radius 1 is 0.886 bits per heavy atom. The monoisotopic (exact) mass is 496 g/mol. The first-order valence-electron chi connectivity index (χ1n) is 13.0. The summed E-state index contributed by atoms with van der Waals surface area (Å²) in [6.45, 7) is 3.54. The van der Waals surface area contributed by atoms with Gasteiger partial charge in [-0.05, 0) is 79.2 Å². The van der Waals surface area contributed by atoms with E-state index in [9.17, 15) is 22.0 Å². The molecule has 1 fully saturated rings. The van der Waals surface area contributed by atoms with Crippen molar-refractivity contribution in [1.29, 1.82) is 0 Å². The third kappa shape index (κ3) is 7.52. The lowest BCUT2D eigenvalue weighted by Crippen LogP contribution is -2.28. The maximum atomic E-state index is 14.8. The van der Waals surface area contributed by atoms with E-state index in [2.05, 4.69) is 11.7 Å². The molecular weight excluding hydrogens is 459 g/mol. The van der Waals surface area contributed by atoms with Crippen LogP contribution in [0.4, 0.5) is 22.0 Å². The highest BCUT2D eigenvalue weighted by Gasteiger charge is 2.44. The Kier molecular flexibility index (Phi) is 10.1. The fourth-order valence-corrected chi connectivity index (χ4v) is 5.11. The molecule has 0 aromatic heterocycles. The van der Waals surface area contributed by atoms with Crippen LogP contribution in [-0.2, 0) is 17.8 Å². The Morgan fingerprint density at radius 2 is 1.57 bits per heavy atom. The molecule has 0 bridgehead atoms. The smallest absolute Gasteiger partial charge is 0.313 e. The fourth-order valence-electron chi connectivity index (χ4n) is 5.11. The van der Waals surface area contributed by atoms with E-state index in [1.807, 2.05) is 6.92 Å². The molecule has 0 amide bonds. The lowest BCUT2D eigenvalue weighted by Gasteiger charge is -2.29. The van der Waals surface area contributed by atoms with Gasteiger partial charge in [-0.1, -0.05) is 63.8 Å². The Labute approximate surface area is 206 Å². The van der Waals surface area contributed by atoms with Crippen molar-refractivity contribution in [3.8, 4) is 0 Å². The molecule has 194 valence electrons. The van der Waals surface area contributed by atoms with Crippen LogP contribution in [0.15, 0.2) is 36.4 Å². The number of alkyl halides is 3. The molecule has 0 N–H and O–H groups in total. The molecular formula is C29H37F5O. The first kappa shape index (κ1) is 27.6. The number of ether oxygens (including phenoxy) is 1. The Balaban J connectivity index is 1.59. The Morgan fingerprint density at radius 3 is 2.20 bits per heavy atom. The van der Waals surface area contributed by atoms with Gasteiger partial charge in [0, 0.05) is 5.56 Å². The summed E-state index contributed by atoms with van der Waals surface area (Å²) in [7, 11) is 0. The largest absolute Gasteiger partial charge is 0.391 e. The van der Waals surface area contributed by atoms with Crippen LogP contribution in [0.25, 0.3) is 0 Å². The van der Waals surface area contributed by atoms with E-state index in [0.29, 0.717) is 23.5 Å². The van der Waals surface area contributed by atoms with Gasteiger partial charge in [-0.15, -0.1) is 0 Å². The van der Waals surface area contributed by atoms with Crippen molar-refractivity contribution in [3.63, 3.8) is 0 Å². The zero-order valence-electron chi connectivity index (χ0n) is 20.8. The summed E-state index contributed by atoms with van der Waals surface area (Å²) in [5.74, 6) is -0.638. The molecule has 0 radical (unpaired) electrons. The molecule has 0 spiro atoms. The average molecular weight is 497 g/mol. The molecule has 1 atom stereocenters. The first-order valence-corrected chi connectivity index (χ1v) is 13.0. The predicted octanol–water partition coefficient (Wildman–Crippen LogP) is 9.59. The molecule has 35 heavy (non-hydrogen) atoms. The van der Waals surface area contributed by atoms with Gasteiger partial charge < -0.3 is 4.74 Å². The molecule has 6 heteroatoms. The van der Waals surface area contributed by atoms with Crippen LogP contribution in [0, 0.1) is 17.6 Å². The van der Waals surface area contributed by atoms with E-state index >= 15 is 0 Å². The van der Waals surface area contributed by atoms with Crippen LogP contribution in [0.1, 0.15) is 106 Å². The normalized spacial score (nSPS) is 19.6. The first-order chi connectivity index (χ1) is 16.7. The zero-order chi connectivity index (χ0) is 25.4. The van der Waals surface area contributed by atoms with Gasteiger partial charge in [0.15, 0.2) is 0 Å². The van der Waals surface area contributed by atoms with Crippen LogP contribution in [-0.4, -0.2) is 6.11 Å². The second-order valence-electron chi connectivity index (χ2n) is 9.89. The Bertz CT molecular complexity index is 937. The minimum atomic E-state index is -4.25. The Hall–Kier alpha value is -1.95. The highest BCUT2D eigenvalue weighted by molar-refractivity contribution is 5.28. The van der Waals surface area contributed by atoms with Crippen molar-refractivity contribution in [2.45, 2.75) is 103 Å². The molecule has 0 aliphatic heterocycles. The summed E-state index contributed by atoms with van der Waals surface area (Å²) >= 11 is 0. The standard InChI is InChI=1S/C29H37F5O/c1-3-5-6-8-21-11-16-25(27(31)17-21)28(32)29(33,34)35-19-22-12-15-24(26(30)18-22)23-13-9-20(7-4-2)10-14-23/h11-12,15-18,20,23,28H,3-10,13-14,19H2,1-2H3. The quantitative estimate of drug-likeness (QED) is 0.210. The van der Waals surface area contributed by atoms with Crippen molar-refractivity contribution in [2.75, 3.05) is 0 Å². The molecule has 3 rings (SSSR count). The number of benzene rings is 2. The highest BCUT2D eigenvalue weighted by atomic mass is 19.3. The van der Waals surface area contributed by atoms with Gasteiger partial charge in [0.2, 0.25) is 6.17 Å². The summed E-state index contributed by atoms with van der Waals surface area (Å²) in [5.41, 5.74) is 0.685. The number of hydrogen-bond acceptors (Lipinski definition) is 1. The third-order valence-electron chi connectivity index (χ3n) is 7.18. The summed E-state index contributed by atoms with van der Waals surface area (Å²) in [5, 5.41) is 0. The number of hydrogen-bond donors (Lipinski definition) is 0. The molecule has 0 saturated heterocycles. The van der Waals surface area contributed by atoms with Crippen LogP contribution < -0.4 is 0 Å². The fraction of sp³-hybridized carbons (Fsp3) is 0.586. The predicted molar refractivity (Wildman–Crippen MR) is 129 cm³/mol. The molecule has 2 aromatic rings. The van der Waals surface area contributed by atoms with Crippen molar-refractivity contribution in [2.24, 2.45) is 5.92 Å². The van der Waals surface area contributed by atoms with Gasteiger partial charge in [-0.25, -0.2) is 13.2 Å². The van der Waals surface area contributed by atoms with Crippen molar-refractivity contribution < 1.29 is 26.7 Å². The summed E-state index contributed by atoms with van der Waals surface area (Å²) in [6, 6.07) is 8.00. The second kappa shape index (κ2) is 12.8. The van der Waals surface area contributed by atoms with Gasteiger partial charge in [0.1, 0.15) is 11.6 Å². The van der Waals surface area contributed by atoms with Crippen LogP contribution in [0.2, 0.25) is 0 Å². The number of rotatable bonds is 12. The maximum Gasteiger partial charge on any atom is 0.391 e. The highest BCUT2D eigenvalue weighted by Crippen LogP contribution is 2.40. The van der Waals surface area contributed by atoms with E-state index in [0.717, 1.165) is 63.5 Å². The molecule has 2 aromatic carbocycles. The number of unbranched alkanes of at least 4 members (excludes halogenated alkanes) is 2. The third-order valence-corrected chi connectivity index (χ3v) is 7.18. The van der Waals surface area contributed by atoms with Gasteiger partial charge in [0.25, 0.3) is 0 Å². The van der Waals surface area contributed by atoms with Crippen molar-refractivity contribution >= 4 is 0 Å². The molecule has 1 unspecified atom stereocenters. The van der Waals surface area contributed by atoms with Crippen LogP contribution in [0.3, 0.4) is 0 Å². The van der Waals surface area contributed by atoms with E-state index in [1.54, 1.807) is 12.1 Å². The molecule has 1 nitrogen and oxygen atoms in total. The second-order valence-corrected chi connectivity index (χ2v) is 9.89. The lowest BCUT2D eigenvalue weighted by molar-refractivity contribution is -0.282. The van der Waals surface area contributed by atoms with Crippen LogP contribution >= 0.6 is 0 Å². The lowest BCUT2D eigenvalue weighted by atomic mass is 9.77. The van der Waals surface area contributed by atoms with Crippen molar-refractivity contribution in [1.82, 2.24) is 0 Å². The van der Waals surface area contributed by atoms with Crippen LogP contribution in [0.5, 0.6) is 0 Å². The van der Waals surface area contributed by atoms with E-state index in [-0.39, 0.29) is 11.5 Å². The van der Waals surface area contributed by atoms with E-state index < -0.39 is 36.1 Å². The minimum Gasteiger partial charge on any atom is -0.313 e. The van der Waals surface area contributed by atoms with Crippen molar-refractivity contribution in [3.05, 3.63) is 70.3 Å². The van der Waals surface area contributed by atoms with Gasteiger partial charge in [-0.3, -0.25) is 0 Å². The summed E-state index contributed by atoms with van der Waals surface area (Å²) in [4.78, 5) is 0. The summed E-state index contributed by atoms with van der Waals surface area (Å²) < 4.78 is 77.1. The molecule has 1 aliphatic rings. The van der Waals surface area contributed by atoms with Gasteiger partial charge in [0.05, 0.1) is 6.61 Å². The summed E-state index contributed by atoms with van der Waals surface area (Å²) in [6.07, 6.45) is 2.55. The molecule has 0 heterocycles. The topological polar surface area (TPSA) is 9.23 Å². The van der Waals surface area contributed by atoms with Gasteiger partial charge in [-0.2, -0.15) is 8.78 Å². The zero-order valence-corrected chi connectivity index (χ0v) is 20.8. The number of halogens is 5. The SMILES string of the molecule is CCCCCc1ccc(C(F)C(F)(F)OCc2ccc(C3CCC(CCC)CC3)c(F)c2)c(F)c1.